The average Bonchev–Trinajstić information content (AvgIpc) is 3.00. The van der Waals surface area contributed by atoms with Gasteiger partial charge in [0.2, 0.25) is 0 Å². The van der Waals surface area contributed by atoms with Gasteiger partial charge in [-0.25, -0.2) is 9.59 Å². The molecule has 1 aromatic heterocycles. The van der Waals surface area contributed by atoms with Crippen molar-refractivity contribution < 1.29 is 23.6 Å². The van der Waals surface area contributed by atoms with Crippen molar-refractivity contribution in [2.75, 3.05) is 13.2 Å². The van der Waals surface area contributed by atoms with Crippen LogP contribution in [0.2, 0.25) is 0 Å². The van der Waals surface area contributed by atoms with Gasteiger partial charge >= 0.3 is 12.0 Å². The zero-order chi connectivity index (χ0) is 20.5. The number of hydrogen-bond donors (Lipinski definition) is 2. The fourth-order valence-electron chi connectivity index (χ4n) is 2.27. The Morgan fingerprint density at radius 3 is 2.64 bits per heavy atom. The van der Waals surface area contributed by atoms with E-state index in [1.807, 2.05) is 26.8 Å². The molecule has 0 bridgehead atoms. The molecule has 0 unspecified atom stereocenters. The Morgan fingerprint density at radius 2 is 1.96 bits per heavy atom. The first-order valence-corrected chi connectivity index (χ1v) is 9.79. The molecule has 0 saturated carbocycles. The van der Waals surface area contributed by atoms with E-state index in [0.29, 0.717) is 22.8 Å². The van der Waals surface area contributed by atoms with E-state index in [2.05, 4.69) is 15.8 Å². The van der Waals surface area contributed by atoms with Gasteiger partial charge in [-0.2, -0.15) is 0 Å². The van der Waals surface area contributed by atoms with Gasteiger partial charge in [-0.05, 0) is 32.4 Å². The van der Waals surface area contributed by atoms with Gasteiger partial charge < -0.3 is 14.6 Å². The van der Waals surface area contributed by atoms with Crippen molar-refractivity contribution in [2.24, 2.45) is 0 Å². The number of aromatic nitrogens is 1. The first-order chi connectivity index (χ1) is 13.4. The predicted molar refractivity (Wildman–Crippen MR) is 104 cm³/mol. The Hall–Kier alpha value is -2.81. The first kappa shape index (κ1) is 21.5. The van der Waals surface area contributed by atoms with Crippen molar-refractivity contribution >= 4 is 29.7 Å². The predicted octanol–water partition coefficient (Wildman–Crippen LogP) is 2.98. The van der Waals surface area contributed by atoms with Crippen molar-refractivity contribution in [3.05, 3.63) is 46.8 Å². The van der Waals surface area contributed by atoms with Gasteiger partial charge in [0, 0.05) is 22.8 Å². The third-order valence-corrected chi connectivity index (χ3v) is 4.88. The van der Waals surface area contributed by atoms with Gasteiger partial charge in [-0.15, -0.1) is 11.8 Å². The van der Waals surface area contributed by atoms with Gasteiger partial charge in [-0.1, -0.05) is 24.2 Å². The van der Waals surface area contributed by atoms with Crippen LogP contribution in [-0.4, -0.2) is 36.2 Å². The molecule has 2 aromatic rings. The molecule has 0 spiro atoms. The van der Waals surface area contributed by atoms with Crippen LogP contribution in [0.1, 0.15) is 40.7 Å². The lowest BCUT2D eigenvalue weighted by Crippen LogP contribution is -2.41. The van der Waals surface area contributed by atoms with Crippen LogP contribution < -0.4 is 10.6 Å². The van der Waals surface area contributed by atoms with Crippen molar-refractivity contribution in [3.8, 4) is 0 Å². The highest BCUT2D eigenvalue weighted by atomic mass is 32.2. The van der Waals surface area contributed by atoms with Crippen LogP contribution in [0.15, 0.2) is 33.7 Å². The number of amides is 3. The van der Waals surface area contributed by atoms with E-state index in [0.717, 1.165) is 23.4 Å². The number of ether oxygens (including phenoxy) is 1. The van der Waals surface area contributed by atoms with E-state index in [1.54, 1.807) is 18.2 Å². The number of benzene rings is 1. The molecule has 0 radical (unpaired) electrons. The second-order valence-electron chi connectivity index (χ2n) is 5.97. The monoisotopic (exact) mass is 405 g/mol. The minimum Gasteiger partial charge on any atom is -0.452 e. The molecule has 28 heavy (non-hydrogen) atoms. The molecule has 0 atom stereocenters. The molecule has 0 aliphatic heterocycles. The van der Waals surface area contributed by atoms with Crippen LogP contribution in [0.4, 0.5) is 4.79 Å². The molecule has 0 aliphatic rings. The Balaban J connectivity index is 1.93. The molecule has 2 N–H and O–H groups in total. The van der Waals surface area contributed by atoms with Crippen LogP contribution in [0.25, 0.3) is 0 Å². The number of hydrogen-bond acceptors (Lipinski definition) is 7. The third-order valence-electron chi connectivity index (χ3n) is 3.78. The molecule has 8 nitrogen and oxygen atoms in total. The summed E-state index contributed by atoms with van der Waals surface area (Å²) >= 11 is 1.45. The van der Waals surface area contributed by atoms with Gasteiger partial charge in [0.05, 0.1) is 11.3 Å². The van der Waals surface area contributed by atoms with Crippen LogP contribution in [0.5, 0.6) is 0 Å². The molecule has 0 aliphatic carbocycles. The molecular formula is C19H23N3O5S. The fraction of sp³-hybridized carbons (Fsp3) is 0.368. The number of thioether (sulfide) groups is 1. The number of carbonyl (C=O) groups is 3. The summed E-state index contributed by atoms with van der Waals surface area (Å²) in [7, 11) is 0. The van der Waals surface area contributed by atoms with Crippen LogP contribution >= 0.6 is 11.8 Å². The van der Waals surface area contributed by atoms with Crippen LogP contribution in [0.3, 0.4) is 0 Å². The van der Waals surface area contributed by atoms with Crippen molar-refractivity contribution in [1.82, 2.24) is 15.8 Å². The normalized spacial score (nSPS) is 10.4. The second kappa shape index (κ2) is 10.5. The highest BCUT2D eigenvalue weighted by molar-refractivity contribution is 7.98. The van der Waals surface area contributed by atoms with E-state index in [-0.39, 0.29) is 0 Å². The van der Waals surface area contributed by atoms with Gasteiger partial charge in [-0.3, -0.25) is 10.1 Å². The molecule has 0 fully saturated rings. The summed E-state index contributed by atoms with van der Waals surface area (Å²) in [6.07, 6.45) is 0.749. The highest BCUT2D eigenvalue weighted by Gasteiger charge is 2.17. The zero-order valence-electron chi connectivity index (χ0n) is 16.0. The second-order valence-corrected chi connectivity index (χ2v) is 6.98. The Bertz CT molecular complexity index is 830. The standard InChI is InChI=1S/C19H23N3O5S/c1-4-9-20-19(25)21-17(23)10-26-18(24)14-7-5-6-8-16(14)28-11-15-12(2)22-27-13(15)3/h5-8H,4,9-11H2,1-3H3,(H2,20,21,23,25). The Labute approximate surface area is 167 Å². The van der Waals surface area contributed by atoms with Crippen LogP contribution in [0, 0.1) is 13.8 Å². The van der Waals surface area contributed by atoms with Gasteiger partial charge in [0.1, 0.15) is 5.76 Å². The number of esters is 1. The zero-order valence-corrected chi connectivity index (χ0v) is 16.9. The number of rotatable bonds is 8. The molecular weight excluding hydrogens is 382 g/mol. The topological polar surface area (TPSA) is 111 Å². The summed E-state index contributed by atoms with van der Waals surface area (Å²) < 4.78 is 10.2. The number of aryl methyl sites for hydroxylation is 2. The molecule has 0 saturated heterocycles. The highest BCUT2D eigenvalue weighted by Crippen LogP contribution is 2.29. The van der Waals surface area contributed by atoms with E-state index in [4.69, 9.17) is 9.26 Å². The number of carbonyl (C=O) groups excluding carboxylic acids is 3. The number of nitrogens with one attached hydrogen (secondary N) is 2. The lowest BCUT2D eigenvalue weighted by Gasteiger charge is -2.10. The summed E-state index contributed by atoms with van der Waals surface area (Å²) in [5, 5.41) is 8.53. The SMILES string of the molecule is CCCNC(=O)NC(=O)COC(=O)c1ccccc1SCc1c(C)noc1C. The molecule has 1 heterocycles. The molecule has 2 rings (SSSR count). The third kappa shape index (κ3) is 6.12. The summed E-state index contributed by atoms with van der Waals surface area (Å²) in [5.41, 5.74) is 2.14. The lowest BCUT2D eigenvalue weighted by atomic mass is 10.2. The maximum atomic E-state index is 12.4. The Morgan fingerprint density at radius 1 is 1.21 bits per heavy atom. The molecule has 9 heteroatoms. The van der Waals surface area contributed by atoms with Crippen molar-refractivity contribution in [3.63, 3.8) is 0 Å². The van der Waals surface area contributed by atoms with Gasteiger partial charge in [0.25, 0.3) is 5.91 Å². The largest absolute Gasteiger partial charge is 0.452 e. The fourth-order valence-corrected chi connectivity index (χ4v) is 3.47. The van der Waals surface area contributed by atoms with Gasteiger partial charge in [0.15, 0.2) is 6.61 Å². The van der Waals surface area contributed by atoms with E-state index < -0.39 is 24.5 Å². The maximum Gasteiger partial charge on any atom is 0.339 e. The van der Waals surface area contributed by atoms with Crippen molar-refractivity contribution in [2.45, 2.75) is 37.8 Å². The quantitative estimate of drug-likeness (QED) is 0.513. The number of nitrogens with zero attached hydrogens (tertiary/aromatic N) is 1. The molecule has 1 aromatic carbocycles. The molecule has 3 amide bonds. The van der Waals surface area contributed by atoms with E-state index in [9.17, 15) is 14.4 Å². The summed E-state index contributed by atoms with van der Waals surface area (Å²) in [6, 6.07) is 6.35. The molecule has 150 valence electrons. The average molecular weight is 405 g/mol. The summed E-state index contributed by atoms with van der Waals surface area (Å²) in [6.45, 7) is 5.51. The van der Waals surface area contributed by atoms with E-state index >= 15 is 0 Å². The Kier molecular flexibility index (Phi) is 8.06. The summed E-state index contributed by atoms with van der Waals surface area (Å²) in [5.74, 6) is 0.000616. The number of imide groups is 1. The minimum absolute atomic E-state index is 0.350. The smallest absolute Gasteiger partial charge is 0.339 e. The number of urea groups is 1. The first-order valence-electron chi connectivity index (χ1n) is 8.80. The lowest BCUT2D eigenvalue weighted by molar-refractivity contribution is -0.123. The summed E-state index contributed by atoms with van der Waals surface area (Å²) in [4.78, 5) is 36.2. The van der Waals surface area contributed by atoms with Crippen LogP contribution in [-0.2, 0) is 15.3 Å². The maximum absolute atomic E-state index is 12.4. The van der Waals surface area contributed by atoms with E-state index in [1.165, 1.54) is 11.8 Å². The van der Waals surface area contributed by atoms with Crippen molar-refractivity contribution in [1.29, 1.82) is 0 Å². The minimum atomic E-state index is -0.692.